The number of aryl methyl sites for hydroxylation is 1. The second-order valence-electron chi connectivity index (χ2n) is 2.42. The van der Waals surface area contributed by atoms with Gasteiger partial charge in [-0.2, -0.15) is 0 Å². The third-order valence-electron chi connectivity index (χ3n) is 1.83. The number of aromatic nitrogens is 1. The predicted octanol–water partition coefficient (Wildman–Crippen LogP) is 2.25. The summed E-state index contributed by atoms with van der Waals surface area (Å²) in [5, 5.41) is 2.09. The minimum atomic E-state index is 0.923. The van der Waals surface area contributed by atoms with Crippen LogP contribution in [0.4, 0.5) is 0 Å². The lowest BCUT2D eigenvalue weighted by atomic mass is 10.5. The van der Waals surface area contributed by atoms with Crippen LogP contribution in [0, 0.1) is 0 Å². The summed E-state index contributed by atoms with van der Waals surface area (Å²) >= 11 is 1.74. The number of thiophene rings is 1. The van der Waals surface area contributed by atoms with Gasteiger partial charge in [0, 0.05) is 13.1 Å². The number of ether oxygens (including phenoxy) is 1. The van der Waals surface area contributed by atoms with E-state index in [1.54, 1.807) is 18.4 Å². The summed E-state index contributed by atoms with van der Waals surface area (Å²) < 4.78 is 8.49. The summed E-state index contributed by atoms with van der Waals surface area (Å²) in [7, 11) is 3.70. The number of fused-ring (bicyclic) bond motifs is 1. The number of hydrogen-bond donors (Lipinski definition) is 0. The van der Waals surface area contributed by atoms with Gasteiger partial charge in [-0.25, -0.2) is 0 Å². The van der Waals surface area contributed by atoms with Crippen molar-refractivity contribution in [2.24, 2.45) is 7.05 Å². The molecule has 0 radical (unpaired) electrons. The molecule has 3 heteroatoms. The highest BCUT2D eigenvalue weighted by Gasteiger charge is 2.04. The number of rotatable bonds is 1. The molecule has 0 spiro atoms. The Bertz CT molecular complexity index is 374. The van der Waals surface area contributed by atoms with Crippen molar-refractivity contribution in [3.63, 3.8) is 0 Å². The smallest absolute Gasteiger partial charge is 0.194 e. The first-order chi connectivity index (χ1) is 5.33. The van der Waals surface area contributed by atoms with E-state index in [0.29, 0.717) is 0 Å². The van der Waals surface area contributed by atoms with Crippen LogP contribution in [0.25, 0.3) is 10.2 Å². The lowest BCUT2D eigenvalue weighted by Gasteiger charge is -1.99. The molecule has 2 heterocycles. The lowest BCUT2D eigenvalue weighted by molar-refractivity contribution is 0.384. The van der Waals surface area contributed by atoms with Crippen molar-refractivity contribution in [1.29, 1.82) is 0 Å². The molecule has 0 aliphatic rings. The molecule has 0 aliphatic carbocycles. The van der Waals surface area contributed by atoms with Gasteiger partial charge in [0.2, 0.25) is 0 Å². The Morgan fingerprint density at radius 3 is 3.00 bits per heavy atom. The second kappa shape index (κ2) is 2.27. The van der Waals surface area contributed by atoms with Crippen LogP contribution < -0.4 is 4.74 Å². The van der Waals surface area contributed by atoms with Gasteiger partial charge in [-0.3, -0.25) is 0 Å². The van der Waals surface area contributed by atoms with Crippen molar-refractivity contribution < 1.29 is 4.74 Å². The van der Waals surface area contributed by atoms with Gasteiger partial charge < -0.3 is 9.30 Å². The van der Waals surface area contributed by atoms with Crippen molar-refractivity contribution in [2.75, 3.05) is 7.11 Å². The summed E-state index contributed by atoms with van der Waals surface area (Å²) in [6.07, 6.45) is 0. The van der Waals surface area contributed by atoms with Gasteiger partial charge >= 0.3 is 0 Å². The third kappa shape index (κ3) is 0.844. The zero-order valence-corrected chi connectivity index (χ0v) is 7.31. The summed E-state index contributed by atoms with van der Waals surface area (Å²) in [6.45, 7) is 0. The Kier molecular flexibility index (Phi) is 1.39. The number of methoxy groups -OCH3 is 1. The average Bonchev–Trinajstić information content (AvgIpc) is 2.53. The van der Waals surface area contributed by atoms with Crippen LogP contribution in [0.15, 0.2) is 17.5 Å². The summed E-state index contributed by atoms with van der Waals surface area (Å²) in [4.78, 5) is 0. The fourth-order valence-corrected chi connectivity index (χ4v) is 2.06. The van der Waals surface area contributed by atoms with E-state index in [-0.39, 0.29) is 0 Å². The highest BCUT2D eigenvalue weighted by molar-refractivity contribution is 7.17. The van der Waals surface area contributed by atoms with Crippen LogP contribution in [-0.4, -0.2) is 11.7 Å². The van der Waals surface area contributed by atoms with E-state index in [1.807, 2.05) is 11.6 Å². The Balaban J connectivity index is 2.76. The van der Waals surface area contributed by atoms with Crippen molar-refractivity contribution >= 4 is 21.6 Å². The molecule has 0 aromatic carbocycles. The number of hydrogen-bond acceptors (Lipinski definition) is 2. The highest BCUT2D eigenvalue weighted by Crippen LogP contribution is 2.27. The Morgan fingerprint density at radius 2 is 2.36 bits per heavy atom. The van der Waals surface area contributed by atoms with Gasteiger partial charge in [0.1, 0.15) is 0 Å². The highest BCUT2D eigenvalue weighted by atomic mass is 32.1. The Morgan fingerprint density at radius 1 is 1.55 bits per heavy atom. The van der Waals surface area contributed by atoms with Gasteiger partial charge in [0.05, 0.1) is 17.3 Å². The zero-order chi connectivity index (χ0) is 7.84. The van der Waals surface area contributed by atoms with E-state index in [4.69, 9.17) is 4.74 Å². The van der Waals surface area contributed by atoms with E-state index >= 15 is 0 Å². The fourth-order valence-electron chi connectivity index (χ4n) is 1.22. The molecular weight excluding hydrogens is 158 g/mol. The van der Waals surface area contributed by atoms with Crippen LogP contribution in [0.2, 0.25) is 0 Å². The Labute approximate surface area is 69.0 Å². The van der Waals surface area contributed by atoms with Crippen LogP contribution >= 0.6 is 11.3 Å². The molecule has 0 N–H and O–H groups in total. The maximum Gasteiger partial charge on any atom is 0.194 e. The van der Waals surface area contributed by atoms with E-state index in [9.17, 15) is 0 Å². The first kappa shape index (κ1) is 6.73. The second-order valence-corrected chi connectivity index (χ2v) is 3.36. The molecule has 0 aliphatic heterocycles. The SMILES string of the molecule is COc1cc2sccc2n1C. The molecule has 2 aromatic heterocycles. The van der Waals surface area contributed by atoms with Crippen molar-refractivity contribution in [2.45, 2.75) is 0 Å². The summed E-state index contributed by atoms with van der Waals surface area (Å²) in [5.41, 5.74) is 1.24. The monoisotopic (exact) mass is 167 g/mol. The molecule has 2 aromatic rings. The Hall–Kier alpha value is -0.960. The molecule has 0 unspecified atom stereocenters. The maximum atomic E-state index is 5.16. The molecule has 11 heavy (non-hydrogen) atoms. The third-order valence-corrected chi connectivity index (χ3v) is 2.68. The quantitative estimate of drug-likeness (QED) is 0.635. The molecule has 2 rings (SSSR count). The van der Waals surface area contributed by atoms with E-state index in [1.165, 1.54) is 10.2 Å². The van der Waals surface area contributed by atoms with Crippen LogP contribution in [-0.2, 0) is 7.05 Å². The van der Waals surface area contributed by atoms with Gasteiger partial charge in [0.25, 0.3) is 0 Å². The van der Waals surface area contributed by atoms with Gasteiger partial charge in [-0.05, 0) is 11.4 Å². The van der Waals surface area contributed by atoms with E-state index in [0.717, 1.165) is 5.88 Å². The van der Waals surface area contributed by atoms with Crippen LogP contribution in [0.5, 0.6) is 5.88 Å². The van der Waals surface area contributed by atoms with Gasteiger partial charge in [-0.1, -0.05) is 0 Å². The minimum Gasteiger partial charge on any atom is -0.482 e. The molecule has 0 saturated carbocycles. The van der Waals surface area contributed by atoms with Crippen LogP contribution in [0.1, 0.15) is 0 Å². The molecule has 58 valence electrons. The maximum absolute atomic E-state index is 5.16. The molecule has 0 amide bonds. The normalized spacial score (nSPS) is 10.7. The first-order valence-corrected chi connectivity index (χ1v) is 4.28. The molecular formula is C8H9NOS. The van der Waals surface area contributed by atoms with Crippen LogP contribution in [0.3, 0.4) is 0 Å². The number of nitrogens with zero attached hydrogens (tertiary/aromatic N) is 1. The zero-order valence-electron chi connectivity index (χ0n) is 6.50. The molecule has 0 atom stereocenters. The summed E-state index contributed by atoms with van der Waals surface area (Å²) in [5.74, 6) is 0.923. The topological polar surface area (TPSA) is 14.2 Å². The minimum absolute atomic E-state index is 0.923. The molecule has 2 nitrogen and oxygen atoms in total. The van der Waals surface area contributed by atoms with Crippen molar-refractivity contribution in [3.05, 3.63) is 17.5 Å². The molecule has 0 bridgehead atoms. The average molecular weight is 167 g/mol. The van der Waals surface area contributed by atoms with Crippen molar-refractivity contribution in [3.8, 4) is 5.88 Å². The van der Waals surface area contributed by atoms with Crippen molar-refractivity contribution in [1.82, 2.24) is 4.57 Å². The summed E-state index contributed by atoms with van der Waals surface area (Å²) in [6, 6.07) is 4.16. The predicted molar refractivity (Wildman–Crippen MR) is 47.3 cm³/mol. The van der Waals surface area contributed by atoms with Gasteiger partial charge in [0.15, 0.2) is 5.88 Å². The fraction of sp³-hybridized carbons (Fsp3) is 0.250. The molecule has 0 saturated heterocycles. The van der Waals surface area contributed by atoms with E-state index < -0.39 is 0 Å². The first-order valence-electron chi connectivity index (χ1n) is 3.40. The lowest BCUT2D eigenvalue weighted by Crippen LogP contribution is -1.91. The standard InChI is InChI=1S/C8H9NOS/c1-9-6-3-4-11-7(6)5-8(9)10-2/h3-5H,1-2H3. The molecule has 0 fully saturated rings. The largest absolute Gasteiger partial charge is 0.482 e. The van der Waals surface area contributed by atoms with E-state index in [2.05, 4.69) is 17.5 Å². The van der Waals surface area contributed by atoms with Gasteiger partial charge in [-0.15, -0.1) is 11.3 Å².